The zero-order chi connectivity index (χ0) is 16.8. The molecule has 0 fully saturated rings. The number of para-hydroxylation sites is 2. The Morgan fingerprint density at radius 3 is 1.84 bits per heavy atom. The minimum absolute atomic E-state index is 1.17. The van der Waals surface area contributed by atoms with Gasteiger partial charge in [-0.25, -0.2) is 0 Å². The van der Waals surface area contributed by atoms with Crippen molar-refractivity contribution in [1.82, 2.24) is 9.97 Å². The molecule has 2 heteroatoms. The number of hydrogen-bond acceptors (Lipinski definition) is 0. The molecule has 0 amide bonds. The van der Waals surface area contributed by atoms with Gasteiger partial charge in [0.1, 0.15) is 0 Å². The molecule has 25 heavy (non-hydrogen) atoms. The van der Waals surface area contributed by atoms with Crippen LogP contribution in [-0.4, -0.2) is 9.97 Å². The van der Waals surface area contributed by atoms with Crippen LogP contribution in [0.1, 0.15) is 5.69 Å². The molecule has 0 spiro atoms. The summed E-state index contributed by atoms with van der Waals surface area (Å²) >= 11 is 0. The van der Waals surface area contributed by atoms with Crippen LogP contribution in [0.4, 0.5) is 0 Å². The van der Waals surface area contributed by atoms with Gasteiger partial charge in [-0.2, -0.15) is 0 Å². The average Bonchev–Trinajstić information content (AvgIpc) is 3.19. The molecular weight excluding hydrogens is 304 g/mol. The van der Waals surface area contributed by atoms with Crippen LogP contribution in [-0.2, 0) is 0 Å². The molecule has 5 rings (SSSR count). The number of rotatable bonds is 2. The van der Waals surface area contributed by atoms with Crippen LogP contribution in [0.5, 0.6) is 0 Å². The molecule has 0 aliphatic carbocycles. The molecule has 0 saturated carbocycles. The monoisotopic (exact) mass is 322 g/mol. The van der Waals surface area contributed by atoms with Crippen molar-refractivity contribution in [2.24, 2.45) is 0 Å². The standard InChI is InChI=1S/C23H18N2/c1-15-21(17-11-5-7-13-19(17)24-15)22-18-12-6-8-14-20(18)25-23(22)16-9-3-2-4-10-16/h2-14,24-25H,1H3. The van der Waals surface area contributed by atoms with Gasteiger partial charge in [0.15, 0.2) is 0 Å². The smallest absolute Gasteiger partial charge is 0.0545 e. The highest BCUT2D eigenvalue weighted by Crippen LogP contribution is 2.42. The summed E-state index contributed by atoms with van der Waals surface area (Å²) in [4.78, 5) is 7.19. The zero-order valence-corrected chi connectivity index (χ0v) is 14.0. The average molecular weight is 322 g/mol. The van der Waals surface area contributed by atoms with Crippen molar-refractivity contribution in [2.75, 3.05) is 0 Å². The summed E-state index contributed by atoms with van der Waals surface area (Å²) in [5, 5.41) is 2.52. The van der Waals surface area contributed by atoms with Gasteiger partial charge < -0.3 is 9.97 Å². The van der Waals surface area contributed by atoms with E-state index in [1.165, 1.54) is 49.9 Å². The van der Waals surface area contributed by atoms with Crippen LogP contribution in [0.15, 0.2) is 78.9 Å². The van der Waals surface area contributed by atoms with E-state index in [0.29, 0.717) is 0 Å². The van der Waals surface area contributed by atoms with Gasteiger partial charge in [0.05, 0.1) is 5.69 Å². The third kappa shape index (κ3) is 2.11. The largest absolute Gasteiger partial charge is 0.358 e. The predicted molar refractivity (Wildman–Crippen MR) is 106 cm³/mol. The van der Waals surface area contributed by atoms with Crippen molar-refractivity contribution >= 4 is 21.8 Å². The first-order chi connectivity index (χ1) is 12.3. The predicted octanol–water partition coefficient (Wildman–Crippen LogP) is 6.29. The van der Waals surface area contributed by atoms with Gasteiger partial charge in [-0.05, 0) is 24.6 Å². The number of aryl methyl sites for hydroxylation is 1. The van der Waals surface area contributed by atoms with E-state index in [2.05, 4.69) is 95.8 Å². The minimum Gasteiger partial charge on any atom is -0.358 e. The Hall–Kier alpha value is -3.26. The normalized spacial score (nSPS) is 11.4. The fraction of sp³-hybridized carbons (Fsp3) is 0.0435. The summed E-state index contributed by atoms with van der Waals surface area (Å²) in [7, 11) is 0. The van der Waals surface area contributed by atoms with Crippen LogP contribution >= 0.6 is 0 Å². The summed E-state index contributed by atoms with van der Waals surface area (Å²) in [6.45, 7) is 2.16. The summed E-state index contributed by atoms with van der Waals surface area (Å²) in [6.07, 6.45) is 0. The highest BCUT2D eigenvalue weighted by atomic mass is 14.7. The number of hydrogen-bond donors (Lipinski definition) is 2. The fourth-order valence-corrected chi connectivity index (χ4v) is 3.82. The van der Waals surface area contributed by atoms with Crippen molar-refractivity contribution in [1.29, 1.82) is 0 Å². The van der Waals surface area contributed by atoms with E-state index in [1.54, 1.807) is 0 Å². The molecule has 0 bridgehead atoms. The van der Waals surface area contributed by atoms with Crippen molar-refractivity contribution in [3.8, 4) is 22.4 Å². The second kappa shape index (κ2) is 5.38. The SMILES string of the molecule is Cc1[nH]c2ccccc2c1-c1c(-c2ccccc2)[nH]c2ccccc12. The molecule has 120 valence electrons. The lowest BCUT2D eigenvalue weighted by molar-refractivity contribution is 1.30. The molecule has 2 heterocycles. The molecule has 0 radical (unpaired) electrons. The van der Waals surface area contributed by atoms with E-state index in [1.807, 2.05) is 0 Å². The maximum absolute atomic E-state index is 3.65. The molecule has 0 saturated heterocycles. The molecule has 5 aromatic rings. The van der Waals surface area contributed by atoms with Gasteiger partial charge in [0, 0.05) is 38.6 Å². The third-order valence-electron chi connectivity index (χ3n) is 4.91. The molecule has 0 atom stereocenters. The molecule has 0 aliphatic rings. The van der Waals surface area contributed by atoms with Gasteiger partial charge in [0.25, 0.3) is 0 Å². The maximum atomic E-state index is 3.65. The number of benzene rings is 3. The number of aromatic amines is 2. The molecule has 2 aromatic heterocycles. The van der Waals surface area contributed by atoms with E-state index in [0.717, 1.165) is 0 Å². The fourth-order valence-electron chi connectivity index (χ4n) is 3.82. The van der Waals surface area contributed by atoms with Crippen LogP contribution in [0.2, 0.25) is 0 Å². The van der Waals surface area contributed by atoms with Gasteiger partial charge in [0.2, 0.25) is 0 Å². The van der Waals surface area contributed by atoms with Crippen LogP contribution < -0.4 is 0 Å². The Bertz CT molecular complexity index is 1190. The molecule has 2 N–H and O–H groups in total. The number of nitrogens with one attached hydrogen (secondary N) is 2. The number of aromatic nitrogens is 2. The second-order valence-electron chi connectivity index (χ2n) is 6.46. The summed E-state index contributed by atoms with van der Waals surface area (Å²) in [5.74, 6) is 0. The summed E-state index contributed by atoms with van der Waals surface area (Å²) < 4.78 is 0. The lowest BCUT2D eigenvalue weighted by Gasteiger charge is -2.06. The molecule has 0 unspecified atom stereocenters. The van der Waals surface area contributed by atoms with Crippen molar-refractivity contribution < 1.29 is 0 Å². The van der Waals surface area contributed by atoms with Gasteiger partial charge in [-0.3, -0.25) is 0 Å². The highest BCUT2D eigenvalue weighted by Gasteiger charge is 2.19. The lowest BCUT2D eigenvalue weighted by atomic mass is 9.96. The van der Waals surface area contributed by atoms with Gasteiger partial charge in [-0.1, -0.05) is 66.7 Å². The second-order valence-corrected chi connectivity index (χ2v) is 6.46. The Morgan fingerprint density at radius 1 is 0.560 bits per heavy atom. The third-order valence-corrected chi connectivity index (χ3v) is 4.91. The lowest BCUT2D eigenvalue weighted by Crippen LogP contribution is -1.84. The van der Waals surface area contributed by atoms with Crippen LogP contribution in [0.25, 0.3) is 44.2 Å². The molecular formula is C23H18N2. The Balaban J connectivity index is 1.94. The van der Waals surface area contributed by atoms with E-state index in [9.17, 15) is 0 Å². The van der Waals surface area contributed by atoms with Crippen LogP contribution in [0.3, 0.4) is 0 Å². The summed E-state index contributed by atoms with van der Waals surface area (Å²) in [6, 6.07) is 27.6. The molecule has 0 aliphatic heterocycles. The van der Waals surface area contributed by atoms with Gasteiger partial charge >= 0.3 is 0 Å². The Morgan fingerprint density at radius 2 is 1.12 bits per heavy atom. The number of fused-ring (bicyclic) bond motifs is 2. The Labute approximate surface area is 146 Å². The van der Waals surface area contributed by atoms with E-state index in [4.69, 9.17) is 0 Å². The van der Waals surface area contributed by atoms with Crippen molar-refractivity contribution in [3.63, 3.8) is 0 Å². The van der Waals surface area contributed by atoms with E-state index >= 15 is 0 Å². The van der Waals surface area contributed by atoms with E-state index < -0.39 is 0 Å². The van der Waals surface area contributed by atoms with Gasteiger partial charge in [-0.15, -0.1) is 0 Å². The van der Waals surface area contributed by atoms with E-state index in [-0.39, 0.29) is 0 Å². The molecule has 2 nitrogen and oxygen atoms in total. The van der Waals surface area contributed by atoms with Crippen LogP contribution in [0, 0.1) is 6.92 Å². The first-order valence-electron chi connectivity index (χ1n) is 8.57. The highest BCUT2D eigenvalue weighted by molar-refractivity contribution is 6.11. The first-order valence-corrected chi connectivity index (χ1v) is 8.57. The molecule has 3 aromatic carbocycles. The van der Waals surface area contributed by atoms with Crippen molar-refractivity contribution in [3.05, 3.63) is 84.6 Å². The summed E-state index contributed by atoms with van der Waals surface area (Å²) in [5.41, 5.74) is 8.49. The quantitative estimate of drug-likeness (QED) is 0.383. The first kappa shape index (κ1) is 14.1. The van der Waals surface area contributed by atoms with Crippen molar-refractivity contribution in [2.45, 2.75) is 6.92 Å². The maximum Gasteiger partial charge on any atom is 0.0545 e. The topological polar surface area (TPSA) is 31.6 Å². The Kier molecular flexibility index (Phi) is 3.04. The zero-order valence-electron chi connectivity index (χ0n) is 14.0. The minimum atomic E-state index is 1.17. The number of H-pyrrole nitrogens is 2.